The van der Waals surface area contributed by atoms with Crippen molar-refractivity contribution < 1.29 is 14.6 Å². The van der Waals surface area contributed by atoms with E-state index in [1.54, 1.807) is 6.07 Å². The Balaban J connectivity index is 2.51. The van der Waals surface area contributed by atoms with Gasteiger partial charge in [-0.3, -0.25) is 0 Å². The number of aromatic hydroxyl groups is 1. The smallest absolute Gasteiger partial charge is 0.204 e. The van der Waals surface area contributed by atoms with Crippen LogP contribution >= 0.6 is 0 Å². The molecule has 72 valence electrons. The van der Waals surface area contributed by atoms with Crippen molar-refractivity contribution in [1.82, 2.24) is 0 Å². The number of fused-ring (bicyclic) bond motifs is 1. The number of hydrogen-bond acceptors (Lipinski definition) is 4. The second kappa shape index (κ2) is 3.46. The fraction of sp³-hybridized carbons (Fsp3) is 0.300. The van der Waals surface area contributed by atoms with Gasteiger partial charge in [-0.05, 0) is 12.1 Å². The summed E-state index contributed by atoms with van der Waals surface area (Å²) in [7, 11) is 0. The summed E-state index contributed by atoms with van der Waals surface area (Å²) >= 11 is 0. The second-order valence-corrected chi connectivity index (χ2v) is 2.95. The van der Waals surface area contributed by atoms with Gasteiger partial charge in [0.05, 0.1) is 18.8 Å². The van der Waals surface area contributed by atoms with Crippen LogP contribution in [-0.4, -0.2) is 18.3 Å². The van der Waals surface area contributed by atoms with E-state index in [4.69, 9.17) is 14.7 Å². The topological polar surface area (TPSA) is 62.5 Å². The van der Waals surface area contributed by atoms with Crippen molar-refractivity contribution in [3.8, 4) is 23.3 Å². The van der Waals surface area contributed by atoms with E-state index < -0.39 is 0 Å². The molecule has 1 heterocycles. The monoisotopic (exact) mass is 191 g/mol. The zero-order chi connectivity index (χ0) is 9.97. The summed E-state index contributed by atoms with van der Waals surface area (Å²) in [4.78, 5) is 0. The van der Waals surface area contributed by atoms with E-state index in [9.17, 15) is 5.11 Å². The number of nitrogens with zero attached hydrogens (tertiary/aromatic N) is 1. The van der Waals surface area contributed by atoms with Crippen molar-refractivity contribution in [3.05, 3.63) is 17.7 Å². The molecule has 1 N–H and O–H groups in total. The molecule has 0 saturated carbocycles. The van der Waals surface area contributed by atoms with Crippen LogP contribution in [0.3, 0.4) is 0 Å². The van der Waals surface area contributed by atoms with Crippen molar-refractivity contribution in [3.63, 3.8) is 0 Å². The van der Waals surface area contributed by atoms with E-state index in [1.807, 2.05) is 6.07 Å². The number of rotatable bonds is 0. The van der Waals surface area contributed by atoms with Crippen LogP contribution in [0.1, 0.15) is 12.0 Å². The van der Waals surface area contributed by atoms with Gasteiger partial charge in [-0.1, -0.05) is 0 Å². The summed E-state index contributed by atoms with van der Waals surface area (Å²) in [5.41, 5.74) is 0.203. The maximum atomic E-state index is 9.63. The first kappa shape index (κ1) is 8.70. The van der Waals surface area contributed by atoms with Gasteiger partial charge in [-0.25, -0.2) is 0 Å². The van der Waals surface area contributed by atoms with Crippen molar-refractivity contribution in [1.29, 1.82) is 5.26 Å². The molecule has 0 unspecified atom stereocenters. The Bertz CT molecular complexity index is 395. The fourth-order valence-corrected chi connectivity index (χ4v) is 1.31. The zero-order valence-corrected chi connectivity index (χ0v) is 7.49. The molecule has 0 aromatic heterocycles. The summed E-state index contributed by atoms with van der Waals surface area (Å²) in [6, 6.07) is 5.03. The minimum absolute atomic E-state index is 0.132. The number of hydrogen-bond donors (Lipinski definition) is 1. The lowest BCUT2D eigenvalue weighted by Gasteiger charge is -2.08. The van der Waals surface area contributed by atoms with E-state index in [0.29, 0.717) is 19.0 Å². The molecular weight excluding hydrogens is 182 g/mol. The molecule has 1 aromatic rings. The Morgan fingerprint density at radius 2 is 2.07 bits per heavy atom. The number of phenolic OH excluding ortho intramolecular Hbond substituents is 1. The van der Waals surface area contributed by atoms with E-state index in [1.165, 1.54) is 6.07 Å². The highest BCUT2D eigenvalue weighted by atomic mass is 16.5. The van der Waals surface area contributed by atoms with Gasteiger partial charge in [0.1, 0.15) is 6.07 Å². The minimum Gasteiger partial charge on any atom is -0.503 e. The number of nitriles is 1. The first-order valence-electron chi connectivity index (χ1n) is 4.34. The SMILES string of the molecule is N#Cc1ccc2c(c1O)OCCCO2. The molecule has 4 heteroatoms. The van der Waals surface area contributed by atoms with Crippen LogP contribution in [0, 0.1) is 11.3 Å². The van der Waals surface area contributed by atoms with E-state index in [0.717, 1.165) is 6.42 Å². The summed E-state index contributed by atoms with van der Waals surface area (Å²) in [5, 5.41) is 18.3. The van der Waals surface area contributed by atoms with Crippen molar-refractivity contribution in [2.45, 2.75) is 6.42 Å². The molecule has 0 fully saturated rings. The zero-order valence-electron chi connectivity index (χ0n) is 7.49. The lowest BCUT2D eigenvalue weighted by Crippen LogP contribution is -1.97. The normalized spacial score (nSPS) is 14.2. The Kier molecular flexibility index (Phi) is 2.15. The molecule has 0 amide bonds. The summed E-state index contributed by atoms with van der Waals surface area (Å²) in [6.07, 6.45) is 0.774. The molecule has 0 spiro atoms. The third kappa shape index (κ3) is 1.33. The lowest BCUT2D eigenvalue weighted by atomic mass is 10.2. The van der Waals surface area contributed by atoms with E-state index in [2.05, 4.69) is 0 Å². The highest BCUT2D eigenvalue weighted by molar-refractivity contribution is 5.58. The second-order valence-electron chi connectivity index (χ2n) is 2.95. The van der Waals surface area contributed by atoms with Gasteiger partial charge >= 0.3 is 0 Å². The lowest BCUT2D eigenvalue weighted by molar-refractivity contribution is 0.291. The summed E-state index contributed by atoms with van der Waals surface area (Å²) in [6.45, 7) is 1.06. The molecule has 0 bridgehead atoms. The van der Waals surface area contributed by atoms with Gasteiger partial charge in [-0.15, -0.1) is 0 Å². The first-order valence-corrected chi connectivity index (χ1v) is 4.34. The molecule has 4 nitrogen and oxygen atoms in total. The summed E-state index contributed by atoms with van der Waals surface area (Å²) in [5.74, 6) is 0.646. The Labute approximate surface area is 81.3 Å². The molecule has 1 aliphatic heterocycles. The average Bonchev–Trinajstić information content (AvgIpc) is 2.44. The van der Waals surface area contributed by atoms with Crippen LogP contribution in [0.2, 0.25) is 0 Å². The minimum atomic E-state index is -0.132. The molecule has 2 rings (SSSR count). The molecule has 0 radical (unpaired) electrons. The maximum Gasteiger partial charge on any atom is 0.204 e. The summed E-state index contributed by atoms with van der Waals surface area (Å²) < 4.78 is 10.6. The molecule has 1 aromatic carbocycles. The van der Waals surface area contributed by atoms with E-state index in [-0.39, 0.29) is 17.1 Å². The van der Waals surface area contributed by atoms with Crippen LogP contribution in [0.5, 0.6) is 17.2 Å². The maximum absolute atomic E-state index is 9.63. The predicted octanol–water partition coefficient (Wildman–Crippen LogP) is 1.43. The number of phenols is 1. The molecule has 0 aliphatic carbocycles. The molecule has 0 saturated heterocycles. The van der Waals surface area contributed by atoms with Crippen molar-refractivity contribution in [2.24, 2.45) is 0 Å². The van der Waals surface area contributed by atoms with Gasteiger partial charge in [0, 0.05) is 6.42 Å². The highest BCUT2D eigenvalue weighted by Crippen LogP contribution is 2.40. The molecule has 0 atom stereocenters. The standard InChI is InChI=1S/C10H9NO3/c11-6-7-2-3-8-10(9(7)12)14-5-1-4-13-8/h2-3,12H,1,4-5H2. The molecule has 1 aliphatic rings. The van der Waals surface area contributed by atoms with Crippen LogP contribution < -0.4 is 9.47 Å². The van der Waals surface area contributed by atoms with E-state index >= 15 is 0 Å². The van der Waals surface area contributed by atoms with Gasteiger partial charge < -0.3 is 14.6 Å². The van der Waals surface area contributed by atoms with Crippen LogP contribution in [0.4, 0.5) is 0 Å². The molecular formula is C10H9NO3. The third-order valence-corrected chi connectivity index (χ3v) is 2.01. The highest BCUT2D eigenvalue weighted by Gasteiger charge is 2.17. The largest absolute Gasteiger partial charge is 0.503 e. The fourth-order valence-electron chi connectivity index (χ4n) is 1.31. The predicted molar refractivity (Wildman–Crippen MR) is 48.4 cm³/mol. The van der Waals surface area contributed by atoms with Crippen LogP contribution in [0.25, 0.3) is 0 Å². The quantitative estimate of drug-likeness (QED) is 0.673. The number of benzene rings is 1. The number of ether oxygens (including phenoxy) is 2. The van der Waals surface area contributed by atoms with Gasteiger partial charge in [0.2, 0.25) is 5.75 Å². The van der Waals surface area contributed by atoms with Crippen molar-refractivity contribution >= 4 is 0 Å². The van der Waals surface area contributed by atoms with Crippen molar-refractivity contribution in [2.75, 3.05) is 13.2 Å². The Morgan fingerprint density at radius 1 is 1.29 bits per heavy atom. The molecule has 14 heavy (non-hydrogen) atoms. The third-order valence-electron chi connectivity index (χ3n) is 2.01. The van der Waals surface area contributed by atoms with Crippen LogP contribution in [-0.2, 0) is 0 Å². The Hall–Kier alpha value is -1.89. The first-order chi connectivity index (χ1) is 6.83. The van der Waals surface area contributed by atoms with Crippen LogP contribution in [0.15, 0.2) is 12.1 Å². The Morgan fingerprint density at radius 3 is 2.86 bits per heavy atom. The van der Waals surface area contributed by atoms with Gasteiger partial charge in [-0.2, -0.15) is 5.26 Å². The van der Waals surface area contributed by atoms with Gasteiger partial charge in [0.15, 0.2) is 11.5 Å². The van der Waals surface area contributed by atoms with Gasteiger partial charge in [0.25, 0.3) is 0 Å². The average molecular weight is 191 g/mol.